The van der Waals surface area contributed by atoms with Crippen LogP contribution in [-0.2, 0) is 9.59 Å². The summed E-state index contributed by atoms with van der Waals surface area (Å²) in [5.74, 6) is 0.113. The lowest BCUT2D eigenvalue weighted by molar-refractivity contribution is -0.134. The second-order valence-electron chi connectivity index (χ2n) is 5.35. The van der Waals surface area contributed by atoms with E-state index in [1.807, 2.05) is 0 Å². The van der Waals surface area contributed by atoms with Gasteiger partial charge in [-0.15, -0.1) is 12.4 Å². The second kappa shape index (κ2) is 5.89. The summed E-state index contributed by atoms with van der Waals surface area (Å²) >= 11 is 0. The number of hydrogen-bond donors (Lipinski definition) is 2. The van der Waals surface area contributed by atoms with Gasteiger partial charge in [0.15, 0.2) is 0 Å². The fourth-order valence-electron chi connectivity index (χ4n) is 2.69. The van der Waals surface area contributed by atoms with Gasteiger partial charge in [-0.2, -0.15) is 0 Å². The lowest BCUT2D eigenvalue weighted by atomic mass is 9.96. The van der Waals surface area contributed by atoms with Crippen molar-refractivity contribution in [2.75, 3.05) is 13.6 Å². The van der Waals surface area contributed by atoms with E-state index in [1.54, 1.807) is 11.9 Å². The lowest BCUT2D eigenvalue weighted by Gasteiger charge is -2.32. The maximum Gasteiger partial charge on any atom is 0.240 e. The Morgan fingerprint density at radius 2 is 2.06 bits per heavy atom. The van der Waals surface area contributed by atoms with Crippen LogP contribution in [0.1, 0.15) is 38.5 Å². The first-order valence-corrected chi connectivity index (χ1v) is 6.35. The van der Waals surface area contributed by atoms with Gasteiger partial charge in [-0.25, -0.2) is 0 Å². The van der Waals surface area contributed by atoms with Gasteiger partial charge in [-0.3, -0.25) is 9.59 Å². The van der Waals surface area contributed by atoms with Crippen LogP contribution >= 0.6 is 12.4 Å². The quantitative estimate of drug-likeness (QED) is 0.767. The van der Waals surface area contributed by atoms with Gasteiger partial charge in [0.25, 0.3) is 0 Å². The van der Waals surface area contributed by atoms with Crippen LogP contribution in [0.25, 0.3) is 0 Å². The number of likely N-dealkylation sites (N-methyl/N-ethyl adjacent to an activating group) is 1. The zero-order chi connectivity index (χ0) is 12.5. The molecule has 3 N–H and O–H groups in total. The number of carbonyl (C=O) groups is 2. The summed E-state index contributed by atoms with van der Waals surface area (Å²) in [5.41, 5.74) is 5.42. The van der Waals surface area contributed by atoms with Gasteiger partial charge < -0.3 is 16.0 Å². The Hall–Kier alpha value is -0.810. The highest BCUT2D eigenvalue weighted by Crippen LogP contribution is 2.27. The van der Waals surface area contributed by atoms with Crippen molar-refractivity contribution in [3.63, 3.8) is 0 Å². The number of rotatable bonds is 2. The number of halogens is 1. The summed E-state index contributed by atoms with van der Waals surface area (Å²) in [6, 6.07) is 0.0613. The maximum atomic E-state index is 12.1. The molecule has 1 saturated carbocycles. The first-order chi connectivity index (χ1) is 8.01. The van der Waals surface area contributed by atoms with Gasteiger partial charge >= 0.3 is 0 Å². The SMILES string of the molecule is CN1CC(NC(=O)C2(N)CCCC2)CCC1=O.Cl. The van der Waals surface area contributed by atoms with E-state index in [9.17, 15) is 9.59 Å². The number of nitrogens with two attached hydrogens (primary N) is 1. The van der Waals surface area contributed by atoms with Crippen molar-refractivity contribution < 1.29 is 9.59 Å². The Balaban J connectivity index is 0.00000162. The number of likely N-dealkylation sites (tertiary alicyclic amines) is 1. The third-order valence-corrected chi connectivity index (χ3v) is 3.91. The van der Waals surface area contributed by atoms with E-state index in [2.05, 4.69) is 5.32 Å². The third kappa shape index (κ3) is 3.14. The summed E-state index contributed by atoms with van der Waals surface area (Å²) in [7, 11) is 1.77. The van der Waals surface area contributed by atoms with Gasteiger partial charge in [-0.05, 0) is 19.3 Å². The molecule has 0 aromatic rings. The van der Waals surface area contributed by atoms with Gasteiger partial charge in [0.2, 0.25) is 11.8 Å². The highest BCUT2D eigenvalue weighted by atomic mass is 35.5. The molecule has 2 amide bonds. The van der Waals surface area contributed by atoms with Crippen LogP contribution in [0.2, 0.25) is 0 Å². The highest BCUT2D eigenvalue weighted by molar-refractivity contribution is 5.87. The molecule has 1 aliphatic heterocycles. The zero-order valence-corrected chi connectivity index (χ0v) is 11.6. The topological polar surface area (TPSA) is 75.4 Å². The normalized spacial score (nSPS) is 26.7. The molecular weight excluding hydrogens is 254 g/mol. The average Bonchev–Trinajstić information content (AvgIpc) is 2.72. The summed E-state index contributed by atoms with van der Waals surface area (Å²) in [5, 5.41) is 2.99. The van der Waals surface area contributed by atoms with Gasteiger partial charge in [-0.1, -0.05) is 12.8 Å². The zero-order valence-electron chi connectivity index (χ0n) is 10.8. The Bertz CT molecular complexity index is 329. The molecule has 5 nitrogen and oxygen atoms in total. The van der Waals surface area contributed by atoms with Crippen molar-refractivity contribution in [1.82, 2.24) is 10.2 Å². The van der Waals surface area contributed by atoms with E-state index in [1.165, 1.54) is 0 Å². The molecule has 0 spiro atoms. The number of nitrogens with one attached hydrogen (secondary N) is 1. The number of carbonyl (C=O) groups excluding carboxylic acids is 2. The third-order valence-electron chi connectivity index (χ3n) is 3.91. The molecule has 104 valence electrons. The van der Waals surface area contributed by atoms with Crippen molar-refractivity contribution in [3.05, 3.63) is 0 Å². The summed E-state index contributed by atoms with van der Waals surface area (Å²) in [6.07, 6.45) is 4.87. The van der Waals surface area contributed by atoms with Gasteiger partial charge in [0.05, 0.1) is 5.54 Å². The van der Waals surface area contributed by atoms with Gasteiger partial charge in [0.1, 0.15) is 0 Å². The summed E-state index contributed by atoms with van der Waals surface area (Å²) in [4.78, 5) is 25.1. The lowest BCUT2D eigenvalue weighted by Crippen LogP contribution is -2.57. The van der Waals surface area contributed by atoms with Crippen LogP contribution in [0.4, 0.5) is 0 Å². The van der Waals surface area contributed by atoms with Crippen molar-refractivity contribution in [3.8, 4) is 0 Å². The number of nitrogens with zero attached hydrogens (tertiary/aromatic N) is 1. The molecule has 1 aliphatic carbocycles. The molecule has 6 heteroatoms. The minimum absolute atomic E-state index is 0. The molecule has 0 aromatic heterocycles. The predicted octanol–water partition coefficient (Wildman–Crippen LogP) is 0.417. The molecule has 18 heavy (non-hydrogen) atoms. The minimum atomic E-state index is -0.667. The number of piperidine rings is 1. The van der Waals surface area contributed by atoms with Crippen LogP contribution in [-0.4, -0.2) is 41.9 Å². The van der Waals surface area contributed by atoms with E-state index in [0.717, 1.165) is 32.1 Å². The number of amides is 2. The molecule has 2 fully saturated rings. The molecule has 0 aromatic carbocycles. The van der Waals surface area contributed by atoms with Crippen molar-refractivity contribution in [1.29, 1.82) is 0 Å². The summed E-state index contributed by atoms with van der Waals surface area (Å²) < 4.78 is 0. The largest absolute Gasteiger partial charge is 0.350 e. The van der Waals surface area contributed by atoms with E-state index >= 15 is 0 Å². The van der Waals surface area contributed by atoms with E-state index < -0.39 is 5.54 Å². The Morgan fingerprint density at radius 3 is 2.61 bits per heavy atom. The van der Waals surface area contributed by atoms with Crippen molar-refractivity contribution in [2.24, 2.45) is 5.73 Å². The molecule has 1 saturated heterocycles. The van der Waals surface area contributed by atoms with Crippen LogP contribution < -0.4 is 11.1 Å². The minimum Gasteiger partial charge on any atom is -0.350 e. The van der Waals surface area contributed by atoms with Gasteiger partial charge in [0, 0.05) is 26.1 Å². The second-order valence-corrected chi connectivity index (χ2v) is 5.35. The monoisotopic (exact) mass is 275 g/mol. The Kier molecular flexibility index (Phi) is 4.99. The molecule has 0 bridgehead atoms. The standard InChI is InChI=1S/C12H21N3O2.ClH/c1-15-8-9(4-5-10(15)16)14-11(17)12(13)6-2-3-7-12;/h9H,2-8,13H2,1H3,(H,14,17);1H. The van der Waals surface area contributed by atoms with Crippen LogP contribution in [0, 0.1) is 0 Å². The Labute approximate surface area is 114 Å². The molecular formula is C12H22ClN3O2. The number of hydrogen-bond acceptors (Lipinski definition) is 3. The molecule has 1 heterocycles. The van der Waals surface area contributed by atoms with Crippen LogP contribution in [0.15, 0.2) is 0 Å². The van der Waals surface area contributed by atoms with Crippen LogP contribution in [0.5, 0.6) is 0 Å². The molecule has 1 atom stereocenters. The summed E-state index contributed by atoms with van der Waals surface area (Å²) in [6.45, 7) is 0.598. The average molecular weight is 276 g/mol. The smallest absolute Gasteiger partial charge is 0.240 e. The molecule has 0 radical (unpaired) electrons. The fraction of sp³-hybridized carbons (Fsp3) is 0.833. The predicted molar refractivity (Wildman–Crippen MR) is 71.4 cm³/mol. The van der Waals surface area contributed by atoms with E-state index in [4.69, 9.17) is 5.73 Å². The van der Waals surface area contributed by atoms with E-state index in [0.29, 0.717) is 13.0 Å². The van der Waals surface area contributed by atoms with Crippen molar-refractivity contribution >= 4 is 24.2 Å². The maximum absolute atomic E-state index is 12.1. The highest BCUT2D eigenvalue weighted by Gasteiger charge is 2.38. The molecule has 2 aliphatic rings. The van der Waals surface area contributed by atoms with E-state index in [-0.39, 0.29) is 30.3 Å². The fourth-order valence-corrected chi connectivity index (χ4v) is 2.69. The molecule has 1 unspecified atom stereocenters. The van der Waals surface area contributed by atoms with Crippen LogP contribution in [0.3, 0.4) is 0 Å². The first-order valence-electron chi connectivity index (χ1n) is 6.35. The first kappa shape index (κ1) is 15.2. The Morgan fingerprint density at radius 1 is 1.44 bits per heavy atom. The van der Waals surface area contributed by atoms with Crippen molar-refractivity contribution in [2.45, 2.75) is 50.1 Å². The molecule has 2 rings (SSSR count).